The Labute approximate surface area is 178 Å². The van der Waals surface area contributed by atoms with Crippen molar-refractivity contribution in [2.75, 3.05) is 0 Å². The van der Waals surface area contributed by atoms with Crippen LogP contribution in [0.5, 0.6) is 0 Å². The summed E-state index contributed by atoms with van der Waals surface area (Å²) >= 11 is 1.55. The van der Waals surface area contributed by atoms with Crippen molar-refractivity contribution in [2.45, 2.75) is 79.1 Å². The Kier molecular flexibility index (Phi) is 25.8. The van der Waals surface area contributed by atoms with Gasteiger partial charge in [0.25, 0.3) is 0 Å². The van der Waals surface area contributed by atoms with Gasteiger partial charge in [-0.15, -0.1) is 12.8 Å². The van der Waals surface area contributed by atoms with Crippen molar-refractivity contribution < 1.29 is 49.0 Å². The average molecular weight is 447 g/mol. The Morgan fingerprint density at radius 3 is 1.42 bits per heavy atom. The van der Waals surface area contributed by atoms with Crippen LogP contribution in [0.3, 0.4) is 0 Å². The molecule has 0 amide bonds. The van der Waals surface area contributed by atoms with Gasteiger partial charge in [0.2, 0.25) is 0 Å². The Bertz CT molecular complexity index is 380. The normalized spacial score (nSPS) is 13.4. The first-order valence-electron chi connectivity index (χ1n) is 8.64. The average Bonchev–Trinajstić information content (AvgIpc) is 3.16. The third-order valence-corrected chi connectivity index (χ3v) is 3.13. The quantitative estimate of drug-likeness (QED) is 0.521. The van der Waals surface area contributed by atoms with Crippen molar-refractivity contribution in [1.29, 1.82) is 0 Å². The molecule has 0 heterocycles. The molecule has 2 aliphatic rings. The van der Waals surface area contributed by atoms with Gasteiger partial charge in [-0.3, -0.25) is 12.2 Å². The second kappa shape index (κ2) is 21.3. The number of hydrogen-bond donors (Lipinski definition) is 0. The molecule has 0 saturated carbocycles. The van der Waals surface area contributed by atoms with E-state index in [2.05, 4.69) is 64.2 Å². The van der Waals surface area contributed by atoms with Crippen molar-refractivity contribution in [3.63, 3.8) is 0 Å². The van der Waals surface area contributed by atoms with E-state index in [1.807, 2.05) is 0 Å². The van der Waals surface area contributed by atoms with E-state index in [1.54, 1.807) is 24.2 Å². The van der Waals surface area contributed by atoms with E-state index in [0.29, 0.717) is 0 Å². The number of allylic oxidation sites excluding steroid dienone is 8. The van der Waals surface area contributed by atoms with Crippen LogP contribution in [0.25, 0.3) is 0 Å². The van der Waals surface area contributed by atoms with Gasteiger partial charge in [0.1, 0.15) is 0 Å². The monoisotopic (exact) mass is 444 g/mol. The summed E-state index contributed by atoms with van der Waals surface area (Å²) in [6.45, 7) is 8.69. The van der Waals surface area contributed by atoms with Gasteiger partial charge < -0.3 is 24.8 Å². The molecule has 24 heavy (non-hydrogen) atoms. The number of hydrogen-bond acceptors (Lipinski definition) is 0. The predicted octanol–water partition coefficient (Wildman–Crippen LogP) is 0.486. The van der Waals surface area contributed by atoms with Crippen molar-refractivity contribution in [1.82, 2.24) is 0 Å². The first-order valence-corrected chi connectivity index (χ1v) is 9.87. The van der Waals surface area contributed by atoms with Crippen LogP contribution in [0.15, 0.2) is 35.5 Å². The number of halogens is 2. The molecule has 0 aromatic rings. The Balaban J connectivity index is -0.000000283. The van der Waals surface area contributed by atoms with Crippen LogP contribution in [0.2, 0.25) is 0 Å². The van der Waals surface area contributed by atoms with Crippen LogP contribution in [-0.2, 0) is 24.2 Å². The zero-order valence-electron chi connectivity index (χ0n) is 15.7. The molecule has 0 saturated heterocycles. The molecule has 0 fully saturated rings. The van der Waals surface area contributed by atoms with Crippen LogP contribution in [-0.4, -0.2) is 3.21 Å². The first kappa shape index (κ1) is 29.1. The molecule has 0 aromatic heterocycles. The molecule has 0 spiro atoms. The SMILES string of the molecule is CCCCC1=[C-]CC=C1.CCCCC1=[C-]CC=C1.C[C](C)=[Zr+2].[Cl-].[Cl-]. The van der Waals surface area contributed by atoms with Gasteiger partial charge in [-0.1, -0.05) is 52.4 Å². The molecule has 3 heteroatoms. The molecule has 0 aliphatic heterocycles. The van der Waals surface area contributed by atoms with E-state index in [-0.39, 0.29) is 24.8 Å². The second-order valence-corrected chi connectivity index (χ2v) is 8.28. The molecule has 2 rings (SSSR count). The van der Waals surface area contributed by atoms with Crippen LogP contribution in [0.1, 0.15) is 79.1 Å². The molecule has 0 bridgehead atoms. The summed E-state index contributed by atoms with van der Waals surface area (Å²) in [6.07, 6.45) is 25.1. The van der Waals surface area contributed by atoms with E-state index < -0.39 is 0 Å². The fourth-order valence-corrected chi connectivity index (χ4v) is 1.98. The minimum atomic E-state index is 0. The first-order chi connectivity index (χ1) is 10.6. The van der Waals surface area contributed by atoms with E-state index in [9.17, 15) is 0 Å². The summed E-state index contributed by atoms with van der Waals surface area (Å²) in [7, 11) is 0. The maximum atomic E-state index is 3.30. The van der Waals surface area contributed by atoms with Gasteiger partial charge in [-0.05, 0) is 0 Å². The fourth-order valence-electron chi connectivity index (χ4n) is 1.98. The zero-order valence-corrected chi connectivity index (χ0v) is 19.7. The van der Waals surface area contributed by atoms with E-state index in [1.165, 1.54) is 52.9 Å². The Morgan fingerprint density at radius 2 is 1.21 bits per heavy atom. The zero-order chi connectivity index (χ0) is 16.6. The molecule has 2 aliphatic carbocycles. The molecular formula is C21H32Cl2Zr-2. The minimum absolute atomic E-state index is 0. The van der Waals surface area contributed by atoms with Gasteiger partial charge in [0, 0.05) is 0 Å². The molecule has 0 unspecified atom stereocenters. The number of unbranched alkanes of at least 4 members (excludes halogenated alkanes) is 2. The van der Waals surface area contributed by atoms with Crippen LogP contribution in [0.4, 0.5) is 0 Å². The molecule has 0 radical (unpaired) electrons. The van der Waals surface area contributed by atoms with E-state index in [4.69, 9.17) is 0 Å². The van der Waals surface area contributed by atoms with Crippen molar-refractivity contribution in [2.24, 2.45) is 0 Å². The fraction of sp³-hybridized carbons (Fsp3) is 0.571. The van der Waals surface area contributed by atoms with Gasteiger partial charge in [0.15, 0.2) is 0 Å². The van der Waals surface area contributed by atoms with Crippen LogP contribution in [0, 0.1) is 12.2 Å². The summed E-state index contributed by atoms with van der Waals surface area (Å²) in [5.74, 6) is 0. The summed E-state index contributed by atoms with van der Waals surface area (Å²) in [6, 6.07) is 0. The van der Waals surface area contributed by atoms with Gasteiger partial charge in [0.05, 0.1) is 0 Å². The van der Waals surface area contributed by atoms with Crippen LogP contribution < -0.4 is 24.8 Å². The largest absolute Gasteiger partial charge is 1.00 e. The summed E-state index contributed by atoms with van der Waals surface area (Å²) in [5.41, 5.74) is 2.83. The number of rotatable bonds is 6. The molecule has 0 aromatic carbocycles. The van der Waals surface area contributed by atoms with E-state index in [0.717, 1.165) is 12.8 Å². The van der Waals surface area contributed by atoms with Crippen molar-refractivity contribution in [3.05, 3.63) is 47.6 Å². The van der Waals surface area contributed by atoms with Gasteiger partial charge >= 0.3 is 41.3 Å². The Hall–Kier alpha value is 0.293. The Morgan fingerprint density at radius 1 is 0.875 bits per heavy atom. The predicted molar refractivity (Wildman–Crippen MR) is 96.4 cm³/mol. The second-order valence-electron chi connectivity index (χ2n) is 5.82. The maximum Gasteiger partial charge on any atom is -1.00 e. The maximum absolute atomic E-state index is 3.30. The molecule has 136 valence electrons. The van der Waals surface area contributed by atoms with E-state index >= 15 is 0 Å². The van der Waals surface area contributed by atoms with Crippen LogP contribution >= 0.6 is 0 Å². The van der Waals surface area contributed by atoms with Crippen molar-refractivity contribution >= 4 is 3.21 Å². The molecule has 0 nitrogen and oxygen atoms in total. The summed E-state index contributed by atoms with van der Waals surface area (Å²) in [4.78, 5) is 0. The van der Waals surface area contributed by atoms with Crippen molar-refractivity contribution in [3.8, 4) is 0 Å². The molecule has 0 N–H and O–H groups in total. The third-order valence-electron chi connectivity index (χ3n) is 3.13. The minimum Gasteiger partial charge on any atom is -1.00 e. The molecule has 0 atom stereocenters. The molecular weight excluding hydrogens is 414 g/mol. The third kappa shape index (κ3) is 20.3. The summed E-state index contributed by atoms with van der Waals surface area (Å²) < 4.78 is 1.51. The smallest absolute Gasteiger partial charge is 1.00 e. The van der Waals surface area contributed by atoms with Gasteiger partial charge in [-0.25, -0.2) is 23.3 Å². The summed E-state index contributed by atoms with van der Waals surface area (Å²) in [5, 5.41) is 0. The standard InChI is InChI=1S/2C9H13.C3H6.2ClH.Zr/c2*1-2-3-6-9-7-4-5-8-9;1-3-2;;;/h2*4,7H,2-3,5-6H2,1H3;1-2H3;2*1H;/q2*-1;;;;+2/p-2. The van der Waals surface area contributed by atoms with Gasteiger partial charge in [-0.2, -0.15) is 12.2 Å². The topological polar surface area (TPSA) is 0 Å².